The van der Waals surface area contributed by atoms with Crippen LogP contribution in [0.2, 0.25) is 0 Å². The van der Waals surface area contributed by atoms with Crippen molar-refractivity contribution < 1.29 is 19.5 Å². The van der Waals surface area contributed by atoms with Gasteiger partial charge in [0, 0.05) is 26.7 Å². The molecule has 1 rings (SSSR count). The Morgan fingerprint density at radius 2 is 2.00 bits per heavy atom. The van der Waals surface area contributed by atoms with Crippen molar-refractivity contribution in [3.63, 3.8) is 0 Å². The number of carboxylic acids is 1. The Hall–Kier alpha value is -1.79. The van der Waals surface area contributed by atoms with E-state index in [1.807, 2.05) is 0 Å². The molecule has 1 atom stereocenters. The van der Waals surface area contributed by atoms with E-state index in [4.69, 9.17) is 5.11 Å². The van der Waals surface area contributed by atoms with Crippen LogP contribution in [0.5, 0.6) is 0 Å². The number of amides is 3. The van der Waals surface area contributed by atoms with Gasteiger partial charge in [-0.3, -0.25) is 9.59 Å². The highest BCUT2D eigenvalue weighted by Crippen LogP contribution is 2.17. The van der Waals surface area contributed by atoms with Crippen LogP contribution in [-0.4, -0.2) is 54.6 Å². The summed E-state index contributed by atoms with van der Waals surface area (Å²) >= 11 is 0. The van der Waals surface area contributed by atoms with Gasteiger partial charge in [-0.2, -0.15) is 0 Å². The average Bonchev–Trinajstić information content (AvgIpc) is 2.84. The van der Waals surface area contributed by atoms with E-state index >= 15 is 0 Å². The van der Waals surface area contributed by atoms with Crippen LogP contribution in [0.1, 0.15) is 20.3 Å². The minimum Gasteiger partial charge on any atom is -0.481 e. The van der Waals surface area contributed by atoms with E-state index in [0.717, 1.165) is 0 Å². The molecule has 1 aliphatic rings. The molecule has 0 saturated carbocycles. The van der Waals surface area contributed by atoms with E-state index in [2.05, 4.69) is 10.6 Å². The number of carboxylic acid groups (broad SMARTS) is 1. The van der Waals surface area contributed by atoms with Crippen molar-refractivity contribution in [1.82, 2.24) is 15.5 Å². The molecule has 3 N–H and O–H groups in total. The first-order valence-electron chi connectivity index (χ1n) is 6.25. The quantitative estimate of drug-likeness (QED) is 0.663. The number of hydrogen-bond donors (Lipinski definition) is 3. The molecule has 3 amide bonds. The summed E-state index contributed by atoms with van der Waals surface area (Å²) in [5.74, 6) is -1.52. The number of carbonyl (C=O) groups excluding carboxylic acids is 2. The Kier molecular flexibility index (Phi) is 4.74. The highest BCUT2D eigenvalue weighted by molar-refractivity contribution is 5.83. The van der Waals surface area contributed by atoms with Crippen molar-refractivity contribution in [2.75, 3.05) is 26.7 Å². The molecule has 1 heterocycles. The first-order valence-corrected chi connectivity index (χ1v) is 6.25. The van der Waals surface area contributed by atoms with Gasteiger partial charge in [-0.05, 0) is 20.3 Å². The highest BCUT2D eigenvalue weighted by atomic mass is 16.4. The lowest BCUT2D eigenvalue weighted by Gasteiger charge is -2.25. The molecule has 0 bridgehead atoms. The molecule has 19 heavy (non-hydrogen) atoms. The molecule has 7 heteroatoms. The fourth-order valence-electron chi connectivity index (χ4n) is 1.97. The van der Waals surface area contributed by atoms with E-state index in [1.165, 1.54) is 4.90 Å². The van der Waals surface area contributed by atoms with Crippen LogP contribution < -0.4 is 10.6 Å². The molecule has 0 spiro atoms. The lowest BCUT2D eigenvalue weighted by molar-refractivity contribution is -0.141. The molecule has 0 aromatic heterocycles. The number of carbonyl (C=O) groups is 3. The average molecular weight is 271 g/mol. The summed E-state index contributed by atoms with van der Waals surface area (Å²) in [5.41, 5.74) is -0.698. The van der Waals surface area contributed by atoms with Crippen molar-refractivity contribution in [3.8, 4) is 0 Å². The molecule has 0 radical (unpaired) electrons. The maximum atomic E-state index is 11.9. The summed E-state index contributed by atoms with van der Waals surface area (Å²) in [4.78, 5) is 35.7. The number of rotatable bonds is 4. The van der Waals surface area contributed by atoms with E-state index < -0.39 is 17.3 Å². The van der Waals surface area contributed by atoms with Gasteiger partial charge in [-0.1, -0.05) is 0 Å². The van der Waals surface area contributed by atoms with Crippen molar-refractivity contribution in [3.05, 3.63) is 0 Å². The van der Waals surface area contributed by atoms with E-state index in [1.54, 1.807) is 20.9 Å². The van der Waals surface area contributed by atoms with Gasteiger partial charge in [0.1, 0.15) is 0 Å². The van der Waals surface area contributed by atoms with Crippen molar-refractivity contribution in [2.45, 2.75) is 20.3 Å². The van der Waals surface area contributed by atoms with Gasteiger partial charge in [-0.25, -0.2) is 4.79 Å². The fraction of sp³-hybridized carbons (Fsp3) is 0.750. The fourth-order valence-corrected chi connectivity index (χ4v) is 1.97. The number of hydrogen-bond acceptors (Lipinski definition) is 3. The second kappa shape index (κ2) is 5.90. The number of aliphatic carboxylic acids is 1. The van der Waals surface area contributed by atoms with Gasteiger partial charge in [0.2, 0.25) is 5.91 Å². The van der Waals surface area contributed by atoms with Gasteiger partial charge in [0.25, 0.3) is 0 Å². The monoisotopic (exact) mass is 271 g/mol. The van der Waals surface area contributed by atoms with Crippen molar-refractivity contribution >= 4 is 17.9 Å². The number of likely N-dealkylation sites (tertiary alicyclic amines) is 1. The topological polar surface area (TPSA) is 98.7 Å². The Labute approximate surface area is 112 Å². The zero-order valence-corrected chi connectivity index (χ0v) is 11.5. The molecule has 0 aliphatic carbocycles. The number of nitrogens with one attached hydrogen (secondary N) is 2. The second-order valence-corrected chi connectivity index (χ2v) is 5.39. The first kappa shape index (κ1) is 15.3. The van der Waals surface area contributed by atoms with Crippen LogP contribution in [0.3, 0.4) is 0 Å². The SMILES string of the molecule is CNC(=O)C(C)(C)CNC(=O)N1CCC(C(=O)O)C1. The van der Waals surface area contributed by atoms with Crippen molar-refractivity contribution in [2.24, 2.45) is 11.3 Å². The Balaban J connectivity index is 2.45. The molecule has 1 saturated heterocycles. The van der Waals surface area contributed by atoms with Crippen molar-refractivity contribution in [1.29, 1.82) is 0 Å². The van der Waals surface area contributed by atoms with E-state index in [-0.39, 0.29) is 25.0 Å². The third-order valence-electron chi connectivity index (χ3n) is 3.35. The summed E-state index contributed by atoms with van der Waals surface area (Å²) in [5, 5.41) is 14.1. The van der Waals surface area contributed by atoms with Gasteiger partial charge in [-0.15, -0.1) is 0 Å². The maximum Gasteiger partial charge on any atom is 0.317 e. The number of urea groups is 1. The summed E-state index contributed by atoms with van der Waals surface area (Å²) in [6.45, 7) is 4.33. The van der Waals surface area contributed by atoms with Crippen LogP contribution >= 0.6 is 0 Å². The van der Waals surface area contributed by atoms with Crippen LogP contribution in [-0.2, 0) is 9.59 Å². The molecule has 1 unspecified atom stereocenters. The molecule has 0 aromatic rings. The predicted molar refractivity (Wildman–Crippen MR) is 68.6 cm³/mol. The molecular formula is C12H21N3O4. The first-order chi connectivity index (χ1) is 8.77. The standard InChI is InChI=1S/C12H21N3O4/c1-12(2,10(18)13-3)7-14-11(19)15-5-4-8(6-15)9(16)17/h8H,4-7H2,1-3H3,(H,13,18)(H,14,19)(H,16,17). The minimum absolute atomic E-state index is 0.155. The van der Waals surface area contributed by atoms with Crippen LogP contribution in [0, 0.1) is 11.3 Å². The van der Waals surface area contributed by atoms with Gasteiger partial charge in [0.15, 0.2) is 0 Å². The van der Waals surface area contributed by atoms with E-state index in [0.29, 0.717) is 13.0 Å². The molecule has 7 nitrogen and oxygen atoms in total. The summed E-state index contributed by atoms with van der Waals surface area (Å²) in [7, 11) is 1.55. The zero-order valence-electron chi connectivity index (χ0n) is 11.5. The second-order valence-electron chi connectivity index (χ2n) is 5.39. The maximum absolute atomic E-state index is 11.9. The van der Waals surface area contributed by atoms with Gasteiger partial charge in [0.05, 0.1) is 11.3 Å². The Bertz CT molecular complexity index is 381. The lowest BCUT2D eigenvalue weighted by atomic mass is 9.92. The molecule has 1 fully saturated rings. The zero-order chi connectivity index (χ0) is 14.6. The summed E-state index contributed by atoms with van der Waals surface area (Å²) < 4.78 is 0. The van der Waals surface area contributed by atoms with Gasteiger partial charge >= 0.3 is 12.0 Å². The Morgan fingerprint density at radius 1 is 1.37 bits per heavy atom. The third-order valence-corrected chi connectivity index (χ3v) is 3.35. The van der Waals surface area contributed by atoms with E-state index in [9.17, 15) is 14.4 Å². The highest BCUT2D eigenvalue weighted by Gasteiger charge is 2.32. The third kappa shape index (κ3) is 3.84. The summed E-state index contributed by atoms with van der Waals surface area (Å²) in [6.07, 6.45) is 0.474. The number of nitrogens with zero attached hydrogens (tertiary/aromatic N) is 1. The molecule has 0 aromatic carbocycles. The predicted octanol–water partition coefficient (Wildman–Crippen LogP) is -0.125. The van der Waals surface area contributed by atoms with Gasteiger partial charge < -0.3 is 20.6 Å². The normalized spacial score (nSPS) is 19.1. The smallest absolute Gasteiger partial charge is 0.317 e. The van der Waals surface area contributed by atoms with Crippen LogP contribution in [0.25, 0.3) is 0 Å². The van der Waals surface area contributed by atoms with Crippen LogP contribution in [0.15, 0.2) is 0 Å². The molecule has 108 valence electrons. The lowest BCUT2D eigenvalue weighted by Crippen LogP contribution is -2.47. The molecule has 1 aliphatic heterocycles. The Morgan fingerprint density at radius 3 is 2.47 bits per heavy atom. The largest absolute Gasteiger partial charge is 0.481 e. The minimum atomic E-state index is -0.874. The van der Waals surface area contributed by atoms with Crippen LogP contribution in [0.4, 0.5) is 4.79 Å². The molecular weight excluding hydrogens is 250 g/mol. The summed E-state index contributed by atoms with van der Waals surface area (Å²) in [6, 6.07) is -0.319.